The van der Waals surface area contributed by atoms with E-state index in [-0.39, 0.29) is 0 Å². The monoisotopic (exact) mass is 750 g/mol. The minimum absolute atomic E-state index is 0.681. The molecule has 262 valence electrons. The van der Waals surface area contributed by atoms with Gasteiger partial charge in [-0.3, -0.25) is 4.57 Å². The summed E-state index contributed by atoms with van der Waals surface area (Å²) in [7, 11) is 0. The topological polar surface area (TPSA) is 34.0 Å². The second-order valence-corrected chi connectivity index (χ2v) is 16.2. The molecule has 0 unspecified atom stereocenters. The van der Waals surface area contributed by atoms with Crippen molar-refractivity contribution in [1.82, 2.24) is 14.5 Å². The molecule has 0 amide bonds. The van der Waals surface area contributed by atoms with Gasteiger partial charge in [0, 0.05) is 59.0 Å². The summed E-state index contributed by atoms with van der Waals surface area (Å²) in [6.45, 7) is 0. The fourth-order valence-electron chi connectivity index (χ4n) is 8.59. The third-order valence-electron chi connectivity index (χ3n) is 11.0. The van der Waals surface area contributed by atoms with Crippen molar-refractivity contribution in [2.45, 2.75) is 0 Å². The van der Waals surface area contributed by atoms with Gasteiger partial charge in [0.25, 0.3) is 0 Å². The zero-order valence-corrected chi connectivity index (χ0v) is 31.6. The van der Waals surface area contributed by atoms with Gasteiger partial charge >= 0.3 is 0 Å². The van der Waals surface area contributed by atoms with E-state index < -0.39 is 0 Å². The first kappa shape index (κ1) is 31.5. The lowest BCUT2D eigenvalue weighted by Crippen LogP contribution is -2.09. The molecule has 8 aromatic carbocycles. The predicted molar refractivity (Wildman–Crippen MR) is 240 cm³/mol. The molecule has 0 aliphatic rings. The van der Waals surface area contributed by atoms with Crippen LogP contribution in [0.1, 0.15) is 0 Å². The largest absolute Gasteiger partial charge is 0.310 e. The van der Waals surface area contributed by atoms with Crippen LogP contribution in [0.4, 0.5) is 17.1 Å². The minimum Gasteiger partial charge on any atom is -0.310 e. The maximum Gasteiger partial charge on any atom is 0.235 e. The van der Waals surface area contributed by atoms with Gasteiger partial charge in [-0.05, 0) is 59.3 Å². The van der Waals surface area contributed by atoms with E-state index in [2.05, 4.69) is 191 Å². The molecule has 0 aliphatic carbocycles. The molecule has 4 heterocycles. The number of anilines is 3. The van der Waals surface area contributed by atoms with Gasteiger partial charge in [-0.25, -0.2) is 9.97 Å². The number of para-hydroxylation sites is 3. The quantitative estimate of drug-likeness (QED) is 0.176. The summed E-state index contributed by atoms with van der Waals surface area (Å²) in [6.07, 6.45) is 0. The Labute approximate surface area is 329 Å². The van der Waals surface area contributed by atoms with Gasteiger partial charge < -0.3 is 4.90 Å². The summed E-state index contributed by atoms with van der Waals surface area (Å²) in [6, 6.07) is 65.0. The summed E-state index contributed by atoms with van der Waals surface area (Å²) < 4.78 is 7.12. The second kappa shape index (κ2) is 12.3. The molecule has 0 aliphatic heterocycles. The Balaban J connectivity index is 1.21. The highest BCUT2D eigenvalue weighted by Gasteiger charge is 2.25. The number of hydrogen-bond donors (Lipinski definition) is 0. The predicted octanol–water partition coefficient (Wildman–Crippen LogP) is 14.6. The first-order valence-electron chi connectivity index (χ1n) is 18.8. The fourth-order valence-corrected chi connectivity index (χ4v) is 11.0. The standard InChI is InChI=1S/C50H30N4S2/c1-4-16-31(17-5-1)45-49-46(39-25-13-15-27-41(39)55-49)52-50(51-45)54-40-26-14-12-24-37(40)43-35-22-10-11-23-36(35)44-38-29-28-34(30-42(38)56-48(44)47(43)54)53(32-18-6-2-7-19-32)33-20-8-3-9-21-33/h1-30H. The average molecular weight is 751 g/mol. The number of benzene rings is 8. The molecule has 4 aromatic heterocycles. The van der Waals surface area contributed by atoms with Crippen molar-refractivity contribution in [3.05, 3.63) is 182 Å². The SMILES string of the molecule is c1ccc(-c2nc(-n3c4ccccc4c4c5ccccc5c5c6ccc(N(c7ccccc7)c7ccccc7)cc6sc5c43)nc3c2sc2ccccc23)cc1. The lowest BCUT2D eigenvalue weighted by Gasteiger charge is -2.25. The first-order chi connectivity index (χ1) is 27.8. The van der Waals surface area contributed by atoms with Gasteiger partial charge in [0.1, 0.15) is 0 Å². The molecular weight excluding hydrogens is 721 g/mol. The van der Waals surface area contributed by atoms with Crippen molar-refractivity contribution >= 4 is 113 Å². The first-order valence-corrected chi connectivity index (χ1v) is 20.4. The molecule has 56 heavy (non-hydrogen) atoms. The van der Waals surface area contributed by atoms with E-state index in [0.717, 1.165) is 55.0 Å². The van der Waals surface area contributed by atoms with E-state index in [4.69, 9.17) is 9.97 Å². The molecule has 12 rings (SSSR count). The van der Waals surface area contributed by atoms with Crippen LogP contribution in [0.15, 0.2) is 182 Å². The van der Waals surface area contributed by atoms with E-state index in [1.165, 1.54) is 46.4 Å². The van der Waals surface area contributed by atoms with E-state index in [1.807, 2.05) is 11.3 Å². The summed E-state index contributed by atoms with van der Waals surface area (Å²) in [5.74, 6) is 0.681. The average Bonchev–Trinajstić information content (AvgIpc) is 3.95. The van der Waals surface area contributed by atoms with Crippen LogP contribution in [0.25, 0.3) is 90.3 Å². The smallest absolute Gasteiger partial charge is 0.235 e. The molecule has 6 heteroatoms. The third kappa shape index (κ3) is 4.64. The van der Waals surface area contributed by atoms with Gasteiger partial charge in [0.05, 0.1) is 31.6 Å². The summed E-state index contributed by atoms with van der Waals surface area (Å²) in [5, 5.41) is 8.57. The third-order valence-corrected chi connectivity index (χ3v) is 13.3. The van der Waals surface area contributed by atoms with E-state index in [1.54, 1.807) is 11.3 Å². The van der Waals surface area contributed by atoms with Crippen molar-refractivity contribution in [3.8, 4) is 17.2 Å². The highest BCUT2D eigenvalue weighted by Crippen LogP contribution is 2.49. The summed E-state index contributed by atoms with van der Waals surface area (Å²) in [5.41, 5.74) is 8.62. The Morgan fingerprint density at radius 2 is 1.02 bits per heavy atom. The Kier molecular flexibility index (Phi) is 6.93. The molecule has 0 fully saturated rings. The van der Waals surface area contributed by atoms with Crippen LogP contribution in [-0.2, 0) is 0 Å². The second-order valence-electron chi connectivity index (χ2n) is 14.1. The van der Waals surface area contributed by atoms with Crippen molar-refractivity contribution < 1.29 is 0 Å². The highest BCUT2D eigenvalue weighted by atomic mass is 32.1. The zero-order chi connectivity index (χ0) is 36.7. The van der Waals surface area contributed by atoms with Crippen molar-refractivity contribution in [2.24, 2.45) is 0 Å². The molecule has 12 aromatic rings. The molecule has 0 saturated carbocycles. The Bertz CT molecular complexity index is 3440. The number of nitrogens with zero attached hydrogens (tertiary/aromatic N) is 4. The summed E-state index contributed by atoms with van der Waals surface area (Å²) >= 11 is 3.63. The van der Waals surface area contributed by atoms with Crippen molar-refractivity contribution in [1.29, 1.82) is 0 Å². The van der Waals surface area contributed by atoms with E-state index in [0.29, 0.717) is 5.95 Å². The van der Waals surface area contributed by atoms with E-state index in [9.17, 15) is 0 Å². The van der Waals surface area contributed by atoms with Crippen LogP contribution in [0.2, 0.25) is 0 Å². The lowest BCUT2D eigenvalue weighted by atomic mass is 9.99. The number of hydrogen-bond acceptors (Lipinski definition) is 5. The molecule has 0 spiro atoms. The van der Waals surface area contributed by atoms with Crippen LogP contribution in [0.5, 0.6) is 0 Å². The van der Waals surface area contributed by atoms with Crippen molar-refractivity contribution in [2.75, 3.05) is 4.90 Å². The molecule has 0 saturated heterocycles. The maximum absolute atomic E-state index is 5.51. The molecule has 0 N–H and O–H groups in total. The Morgan fingerprint density at radius 3 is 1.75 bits per heavy atom. The lowest BCUT2D eigenvalue weighted by molar-refractivity contribution is 1.02. The zero-order valence-electron chi connectivity index (χ0n) is 29.9. The van der Waals surface area contributed by atoms with Crippen molar-refractivity contribution in [3.63, 3.8) is 0 Å². The molecule has 0 atom stereocenters. The molecular formula is C50H30N4S2. The van der Waals surface area contributed by atoms with E-state index >= 15 is 0 Å². The number of aromatic nitrogens is 3. The van der Waals surface area contributed by atoms with Gasteiger partial charge in [0.2, 0.25) is 5.95 Å². The van der Waals surface area contributed by atoms with Gasteiger partial charge in [0.15, 0.2) is 0 Å². The number of fused-ring (bicyclic) bond motifs is 13. The molecule has 0 bridgehead atoms. The molecule has 0 radical (unpaired) electrons. The van der Waals surface area contributed by atoms with Crippen LogP contribution in [-0.4, -0.2) is 14.5 Å². The maximum atomic E-state index is 5.51. The normalized spacial score (nSPS) is 11.9. The number of rotatable bonds is 5. The summed E-state index contributed by atoms with van der Waals surface area (Å²) in [4.78, 5) is 13.4. The van der Waals surface area contributed by atoms with Gasteiger partial charge in [-0.2, -0.15) is 0 Å². The number of thiophene rings is 2. The Morgan fingerprint density at radius 1 is 0.429 bits per heavy atom. The van der Waals surface area contributed by atoms with Crippen LogP contribution < -0.4 is 4.90 Å². The fraction of sp³-hybridized carbons (Fsp3) is 0. The highest BCUT2D eigenvalue weighted by molar-refractivity contribution is 7.27. The minimum atomic E-state index is 0.681. The van der Waals surface area contributed by atoms with Crippen LogP contribution in [0.3, 0.4) is 0 Å². The van der Waals surface area contributed by atoms with Crippen LogP contribution in [0, 0.1) is 0 Å². The molecule has 4 nitrogen and oxygen atoms in total. The van der Waals surface area contributed by atoms with Gasteiger partial charge in [-0.1, -0.05) is 133 Å². The van der Waals surface area contributed by atoms with Gasteiger partial charge in [-0.15, -0.1) is 22.7 Å². The Hall–Kier alpha value is -6.86. The van der Waals surface area contributed by atoms with Crippen LogP contribution >= 0.6 is 22.7 Å².